The predicted octanol–water partition coefficient (Wildman–Crippen LogP) is 2.60. The highest BCUT2D eigenvalue weighted by Gasteiger charge is 2.35. The van der Waals surface area contributed by atoms with Crippen molar-refractivity contribution in [2.24, 2.45) is 5.73 Å². The fourth-order valence-corrected chi connectivity index (χ4v) is 3.51. The number of hydrogen-bond acceptors (Lipinski definition) is 4. The number of amides is 1. The van der Waals surface area contributed by atoms with Crippen LogP contribution in [0.2, 0.25) is 0 Å². The molecular weight excluding hydrogens is 272 g/mol. The Morgan fingerprint density at radius 1 is 1.60 bits per heavy atom. The number of carbonyl (C=O) groups excluding carboxylic acids is 1. The highest BCUT2D eigenvalue weighted by atomic mass is 32.1. The molecule has 1 aliphatic heterocycles. The molecule has 5 heteroatoms. The zero-order valence-corrected chi connectivity index (χ0v) is 13.0. The average Bonchev–Trinajstić information content (AvgIpc) is 3.00. The molecule has 1 aromatic heterocycles. The predicted molar refractivity (Wildman–Crippen MR) is 81.7 cm³/mol. The van der Waals surface area contributed by atoms with E-state index in [2.05, 4.69) is 19.2 Å². The molecule has 112 valence electrons. The van der Waals surface area contributed by atoms with E-state index < -0.39 is 6.04 Å². The minimum Gasteiger partial charge on any atom is -0.375 e. The topological polar surface area (TPSA) is 64.4 Å². The molecule has 0 radical (unpaired) electrons. The first-order valence-electron chi connectivity index (χ1n) is 7.33. The second kappa shape index (κ2) is 6.70. The number of thiophene rings is 1. The van der Waals surface area contributed by atoms with Crippen LogP contribution < -0.4 is 11.1 Å². The zero-order valence-electron chi connectivity index (χ0n) is 12.2. The summed E-state index contributed by atoms with van der Waals surface area (Å²) in [7, 11) is 0. The van der Waals surface area contributed by atoms with Crippen LogP contribution in [0.3, 0.4) is 0 Å². The summed E-state index contributed by atoms with van der Waals surface area (Å²) in [5.41, 5.74) is 5.92. The van der Waals surface area contributed by atoms with Crippen molar-refractivity contribution in [3.63, 3.8) is 0 Å². The van der Waals surface area contributed by atoms with Crippen LogP contribution >= 0.6 is 11.3 Å². The maximum absolute atomic E-state index is 12.2. The molecule has 0 bridgehead atoms. The summed E-state index contributed by atoms with van der Waals surface area (Å²) >= 11 is 1.52. The first-order chi connectivity index (χ1) is 9.60. The second-order valence-electron chi connectivity index (χ2n) is 5.43. The van der Waals surface area contributed by atoms with Gasteiger partial charge in [-0.1, -0.05) is 19.9 Å². The smallest absolute Gasteiger partial charge is 0.242 e. The van der Waals surface area contributed by atoms with E-state index in [0.29, 0.717) is 6.61 Å². The van der Waals surface area contributed by atoms with Crippen LogP contribution in [0, 0.1) is 0 Å². The highest BCUT2D eigenvalue weighted by Crippen LogP contribution is 2.31. The van der Waals surface area contributed by atoms with E-state index in [1.165, 1.54) is 11.3 Å². The summed E-state index contributed by atoms with van der Waals surface area (Å²) in [6.07, 6.45) is 3.70. The van der Waals surface area contributed by atoms with Gasteiger partial charge >= 0.3 is 0 Å². The fraction of sp³-hybridized carbons (Fsp3) is 0.667. The van der Waals surface area contributed by atoms with Crippen LogP contribution in [0.4, 0.5) is 0 Å². The van der Waals surface area contributed by atoms with Gasteiger partial charge in [-0.2, -0.15) is 0 Å². The molecule has 0 saturated carbocycles. The molecule has 1 amide bonds. The Hall–Kier alpha value is -0.910. The number of carbonyl (C=O) groups is 1. The number of rotatable bonds is 5. The standard InChI is InChI=1S/C15H24N2O2S/c1-3-15(4-2)10-11(7-8-19-15)17-14(18)13(16)12-6-5-9-20-12/h5-6,9,11,13H,3-4,7-8,10,16H2,1-2H3,(H,17,18). The van der Waals surface area contributed by atoms with E-state index in [1.807, 2.05) is 17.5 Å². The average molecular weight is 296 g/mol. The summed E-state index contributed by atoms with van der Waals surface area (Å²) < 4.78 is 5.93. The minimum atomic E-state index is -0.560. The Kier molecular flexibility index (Phi) is 5.18. The molecule has 2 unspecified atom stereocenters. The van der Waals surface area contributed by atoms with Crippen LogP contribution in [0.1, 0.15) is 50.4 Å². The molecule has 1 fully saturated rings. The third kappa shape index (κ3) is 3.40. The second-order valence-corrected chi connectivity index (χ2v) is 6.41. The molecule has 3 N–H and O–H groups in total. The maximum Gasteiger partial charge on any atom is 0.242 e. The van der Waals surface area contributed by atoms with Crippen molar-refractivity contribution >= 4 is 17.2 Å². The molecule has 20 heavy (non-hydrogen) atoms. The monoisotopic (exact) mass is 296 g/mol. The summed E-state index contributed by atoms with van der Waals surface area (Å²) in [4.78, 5) is 13.1. The van der Waals surface area contributed by atoms with Gasteiger partial charge in [-0.3, -0.25) is 4.79 Å². The van der Waals surface area contributed by atoms with Crippen molar-refractivity contribution in [2.45, 2.75) is 57.2 Å². The number of nitrogens with one attached hydrogen (secondary N) is 1. The third-order valence-corrected chi connectivity index (χ3v) is 5.22. The highest BCUT2D eigenvalue weighted by molar-refractivity contribution is 7.10. The molecule has 0 spiro atoms. The number of nitrogens with two attached hydrogens (primary N) is 1. The van der Waals surface area contributed by atoms with Crippen molar-refractivity contribution < 1.29 is 9.53 Å². The van der Waals surface area contributed by atoms with Crippen LogP contribution in [-0.4, -0.2) is 24.2 Å². The fourth-order valence-electron chi connectivity index (χ4n) is 2.78. The van der Waals surface area contributed by atoms with Gasteiger partial charge in [0.25, 0.3) is 0 Å². The third-order valence-electron chi connectivity index (χ3n) is 4.26. The Morgan fingerprint density at radius 3 is 2.95 bits per heavy atom. The Labute approximate surface area is 124 Å². The lowest BCUT2D eigenvalue weighted by molar-refractivity contribution is -0.127. The van der Waals surface area contributed by atoms with Crippen molar-refractivity contribution in [1.82, 2.24) is 5.32 Å². The minimum absolute atomic E-state index is 0.0801. The summed E-state index contributed by atoms with van der Waals surface area (Å²) in [5, 5.41) is 5.03. The van der Waals surface area contributed by atoms with Gasteiger partial charge in [0, 0.05) is 17.5 Å². The van der Waals surface area contributed by atoms with Crippen molar-refractivity contribution in [1.29, 1.82) is 0 Å². The van der Waals surface area contributed by atoms with E-state index >= 15 is 0 Å². The maximum atomic E-state index is 12.2. The molecule has 1 saturated heterocycles. The summed E-state index contributed by atoms with van der Waals surface area (Å²) in [5.74, 6) is -0.0829. The molecule has 0 aromatic carbocycles. The molecular formula is C15H24N2O2S. The van der Waals surface area contributed by atoms with Gasteiger partial charge in [0.05, 0.1) is 5.60 Å². The van der Waals surface area contributed by atoms with Crippen LogP contribution in [0.5, 0.6) is 0 Å². The Balaban J connectivity index is 1.94. The molecule has 2 heterocycles. The Bertz CT molecular complexity index is 429. The first-order valence-corrected chi connectivity index (χ1v) is 8.21. The quantitative estimate of drug-likeness (QED) is 0.878. The van der Waals surface area contributed by atoms with Gasteiger partial charge < -0.3 is 15.8 Å². The molecule has 1 aliphatic rings. The lowest BCUT2D eigenvalue weighted by atomic mass is 9.86. The summed E-state index contributed by atoms with van der Waals surface area (Å²) in [6, 6.07) is 3.43. The number of hydrogen-bond donors (Lipinski definition) is 2. The molecule has 0 aliphatic carbocycles. The van der Waals surface area contributed by atoms with Crippen molar-refractivity contribution in [2.75, 3.05) is 6.61 Å². The van der Waals surface area contributed by atoms with Crippen LogP contribution in [0.15, 0.2) is 17.5 Å². The number of ether oxygens (including phenoxy) is 1. The van der Waals surface area contributed by atoms with E-state index in [0.717, 1.165) is 30.6 Å². The normalized spacial score (nSPS) is 23.2. The molecule has 2 rings (SSSR count). The van der Waals surface area contributed by atoms with Gasteiger partial charge in [0.1, 0.15) is 6.04 Å². The van der Waals surface area contributed by atoms with E-state index in [9.17, 15) is 4.79 Å². The van der Waals surface area contributed by atoms with Gasteiger partial charge in [0.2, 0.25) is 5.91 Å². The van der Waals surface area contributed by atoms with Gasteiger partial charge in [-0.25, -0.2) is 0 Å². The van der Waals surface area contributed by atoms with Crippen molar-refractivity contribution in [3.05, 3.63) is 22.4 Å². The zero-order chi connectivity index (χ0) is 14.6. The first kappa shape index (κ1) is 15.5. The van der Waals surface area contributed by atoms with Crippen LogP contribution in [0.25, 0.3) is 0 Å². The van der Waals surface area contributed by atoms with Crippen LogP contribution in [-0.2, 0) is 9.53 Å². The van der Waals surface area contributed by atoms with Crippen molar-refractivity contribution in [3.8, 4) is 0 Å². The largest absolute Gasteiger partial charge is 0.375 e. The molecule has 4 nitrogen and oxygen atoms in total. The van der Waals surface area contributed by atoms with Gasteiger partial charge in [-0.15, -0.1) is 11.3 Å². The summed E-state index contributed by atoms with van der Waals surface area (Å²) in [6.45, 7) is 5.00. The molecule has 1 aromatic rings. The Morgan fingerprint density at radius 2 is 2.35 bits per heavy atom. The van der Waals surface area contributed by atoms with E-state index in [4.69, 9.17) is 10.5 Å². The van der Waals surface area contributed by atoms with Gasteiger partial charge in [0.15, 0.2) is 0 Å². The van der Waals surface area contributed by atoms with Gasteiger partial charge in [-0.05, 0) is 37.1 Å². The SMILES string of the molecule is CCC1(CC)CC(NC(=O)C(N)c2cccs2)CCO1. The molecule has 2 atom stereocenters. The van der Waals surface area contributed by atoms with E-state index in [1.54, 1.807) is 0 Å². The van der Waals surface area contributed by atoms with E-state index in [-0.39, 0.29) is 17.6 Å². The lowest BCUT2D eigenvalue weighted by Gasteiger charge is -2.40. The lowest BCUT2D eigenvalue weighted by Crippen LogP contribution is -2.49.